The molecule has 37 heavy (non-hydrogen) atoms. The van der Waals surface area contributed by atoms with E-state index >= 15 is 0 Å². The molecular weight excluding hydrogens is 486 g/mol. The molecule has 3 aliphatic rings. The monoisotopic (exact) mass is 525 g/mol. The van der Waals surface area contributed by atoms with Gasteiger partial charge in [-0.1, -0.05) is 6.07 Å². The second kappa shape index (κ2) is 10.9. The Balaban J connectivity index is 1.34. The quantitative estimate of drug-likeness (QED) is 0.505. The number of amides is 2. The first-order valence-corrected chi connectivity index (χ1v) is 13.5. The van der Waals surface area contributed by atoms with Crippen LogP contribution in [-0.4, -0.2) is 77.2 Å². The van der Waals surface area contributed by atoms with Crippen LogP contribution in [0.1, 0.15) is 70.8 Å². The average Bonchev–Trinajstić information content (AvgIpc) is 3.28. The van der Waals surface area contributed by atoms with Crippen molar-refractivity contribution in [3.05, 3.63) is 35.4 Å². The number of benzene rings is 1. The number of alkyl halides is 2. The van der Waals surface area contributed by atoms with E-state index in [1.54, 1.807) is 9.80 Å². The van der Waals surface area contributed by atoms with E-state index in [4.69, 9.17) is 0 Å². The van der Waals surface area contributed by atoms with Crippen molar-refractivity contribution < 1.29 is 27.2 Å². The molecule has 4 rings (SSSR count). The lowest BCUT2D eigenvalue weighted by Gasteiger charge is -2.37. The van der Waals surface area contributed by atoms with Gasteiger partial charge in [0.1, 0.15) is 11.6 Å². The molecule has 1 saturated carbocycles. The molecule has 0 radical (unpaired) electrons. The van der Waals surface area contributed by atoms with E-state index in [9.17, 15) is 27.2 Å². The van der Waals surface area contributed by atoms with Crippen LogP contribution in [-0.2, 0) is 9.59 Å². The van der Waals surface area contributed by atoms with Gasteiger partial charge in [-0.05, 0) is 57.6 Å². The Labute approximate surface area is 217 Å². The summed E-state index contributed by atoms with van der Waals surface area (Å²) in [6.07, 6.45) is 1.71. The molecule has 1 aliphatic carbocycles. The Morgan fingerprint density at radius 1 is 0.973 bits per heavy atom. The molecule has 2 atom stereocenters. The zero-order chi connectivity index (χ0) is 27.0. The minimum absolute atomic E-state index is 0.00969. The van der Waals surface area contributed by atoms with Crippen molar-refractivity contribution in [3.8, 4) is 0 Å². The summed E-state index contributed by atoms with van der Waals surface area (Å²) < 4.78 is 55.0. The van der Waals surface area contributed by atoms with Gasteiger partial charge < -0.3 is 9.80 Å². The molecular formula is C28H39F4N3O2. The molecule has 0 N–H and O–H groups in total. The summed E-state index contributed by atoms with van der Waals surface area (Å²) in [5.41, 5.74) is 0.157. The van der Waals surface area contributed by atoms with Gasteiger partial charge >= 0.3 is 0 Å². The number of carbonyl (C=O) groups is 2. The first-order valence-electron chi connectivity index (χ1n) is 13.5. The number of carbonyl (C=O) groups excluding carboxylic acids is 2. The molecule has 2 aliphatic heterocycles. The average molecular weight is 526 g/mol. The summed E-state index contributed by atoms with van der Waals surface area (Å²) in [5.74, 6) is -4.54. The fourth-order valence-electron chi connectivity index (χ4n) is 6.00. The third-order valence-electron chi connectivity index (χ3n) is 8.49. The molecule has 1 unspecified atom stereocenters. The topological polar surface area (TPSA) is 43.9 Å². The minimum atomic E-state index is -2.56. The van der Waals surface area contributed by atoms with Gasteiger partial charge in [0, 0.05) is 76.1 Å². The molecule has 0 aromatic heterocycles. The zero-order valence-corrected chi connectivity index (χ0v) is 22.1. The minimum Gasteiger partial charge on any atom is -0.339 e. The molecule has 9 heteroatoms. The van der Waals surface area contributed by atoms with E-state index in [0.717, 1.165) is 6.07 Å². The van der Waals surface area contributed by atoms with Gasteiger partial charge in [0.15, 0.2) is 0 Å². The second-order valence-electron chi connectivity index (χ2n) is 12.0. The normalized spacial score (nSPS) is 25.5. The molecule has 1 aromatic rings. The van der Waals surface area contributed by atoms with Crippen LogP contribution in [0.15, 0.2) is 18.2 Å². The van der Waals surface area contributed by atoms with Crippen LogP contribution in [0.2, 0.25) is 0 Å². The number of hydrogen-bond acceptors (Lipinski definition) is 3. The number of likely N-dealkylation sites (tertiary alicyclic amines) is 1. The summed E-state index contributed by atoms with van der Waals surface area (Å²) in [5, 5.41) is 0. The lowest BCUT2D eigenvalue weighted by atomic mass is 9.84. The molecule has 1 aromatic carbocycles. The number of halogens is 4. The van der Waals surface area contributed by atoms with E-state index in [-0.39, 0.29) is 42.0 Å². The van der Waals surface area contributed by atoms with Crippen LogP contribution in [0, 0.1) is 23.5 Å². The molecule has 2 amide bonds. The van der Waals surface area contributed by atoms with E-state index in [2.05, 4.69) is 25.7 Å². The van der Waals surface area contributed by atoms with Crippen LogP contribution in [0.25, 0.3) is 0 Å². The molecule has 3 fully saturated rings. The van der Waals surface area contributed by atoms with Gasteiger partial charge in [0.05, 0.1) is 5.92 Å². The first kappa shape index (κ1) is 27.9. The predicted octanol–water partition coefficient (Wildman–Crippen LogP) is 5.06. The highest BCUT2D eigenvalue weighted by Crippen LogP contribution is 2.39. The maximum Gasteiger partial charge on any atom is 0.248 e. The standard InChI is InChI=1S/C28H39F4N3O2/c1-27(2,3)35-17-22(21-6-5-20(29)16-24(21)30)23(18-35)26(37)34-14-12-33(13-15-34)25(36)7-4-19-8-10-28(31,32)11-9-19/h5-6,16,19,22-23H,4,7-15,17-18H2,1-3H3/t22-,23?/m0/s1. The van der Waals surface area contributed by atoms with Gasteiger partial charge in [0.2, 0.25) is 17.7 Å². The van der Waals surface area contributed by atoms with Crippen molar-refractivity contribution in [1.82, 2.24) is 14.7 Å². The summed E-state index contributed by atoms with van der Waals surface area (Å²) in [4.78, 5) is 32.1. The van der Waals surface area contributed by atoms with Crippen LogP contribution in [0.3, 0.4) is 0 Å². The highest BCUT2D eigenvalue weighted by atomic mass is 19.3. The van der Waals surface area contributed by atoms with Crippen LogP contribution in [0.5, 0.6) is 0 Å². The summed E-state index contributed by atoms with van der Waals surface area (Å²) in [6, 6.07) is 3.56. The Hall–Kier alpha value is -2.16. The summed E-state index contributed by atoms with van der Waals surface area (Å²) >= 11 is 0. The van der Waals surface area contributed by atoms with Crippen molar-refractivity contribution >= 4 is 11.8 Å². The Kier molecular flexibility index (Phi) is 8.22. The lowest BCUT2D eigenvalue weighted by Crippen LogP contribution is -2.52. The van der Waals surface area contributed by atoms with Gasteiger partial charge in [-0.25, -0.2) is 17.6 Å². The SMILES string of the molecule is CC(C)(C)N1CC(C(=O)N2CCN(C(=O)CCC3CCC(F)(F)CC3)CC2)[C@H](c2ccc(F)cc2F)C1. The Morgan fingerprint density at radius 3 is 2.19 bits per heavy atom. The third kappa shape index (κ3) is 6.65. The molecule has 0 bridgehead atoms. The third-order valence-corrected chi connectivity index (χ3v) is 8.49. The van der Waals surface area contributed by atoms with E-state index in [1.807, 2.05) is 0 Å². The number of hydrogen-bond donors (Lipinski definition) is 0. The Morgan fingerprint density at radius 2 is 1.59 bits per heavy atom. The highest BCUT2D eigenvalue weighted by molar-refractivity contribution is 5.81. The highest BCUT2D eigenvalue weighted by Gasteiger charge is 2.45. The van der Waals surface area contributed by atoms with Crippen molar-refractivity contribution in [2.75, 3.05) is 39.3 Å². The van der Waals surface area contributed by atoms with Crippen LogP contribution in [0.4, 0.5) is 17.6 Å². The van der Waals surface area contributed by atoms with Crippen LogP contribution < -0.4 is 0 Å². The van der Waals surface area contributed by atoms with Gasteiger partial charge in [0.25, 0.3) is 0 Å². The maximum absolute atomic E-state index is 14.7. The first-order chi connectivity index (χ1) is 17.3. The van der Waals surface area contributed by atoms with Crippen molar-refractivity contribution in [2.45, 2.75) is 76.7 Å². The molecule has 2 heterocycles. The lowest BCUT2D eigenvalue weighted by molar-refractivity contribution is -0.142. The smallest absolute Gasteiger partial charge is 0.248 e. The van der Waals surface area contributed by atoms with Gasteiger partial charge in [-0.15, -0.1) is 0 Å². The predicted molar refractivity (Wildman–Crippen MR) is 133 cm³/mol. The summed E-state index contributed by atoms with van der Waals surface area (Å²) in [7, 11) is 0. The summed E-state index contributed by atoms with van der Waals surface area (Å²) in [6.45, 7) is 8.84. The fraction of sp³-hybridized carbons (Fsp3) is 0.714. The largest absolute Gasteiger partial charge is 0.339 e. The molecule has 206 valence electrons. The molecule has 0 spiro atoms. The van der Waals surface area contributed by atoms with Gasteiger partial charge in [-0.3, -0.25) is 14.5 Å². The Bertz CT molecular complexity index is 978. The molecule has 2 saturated heterocycles. The number of piperazine rings is 1. The fourth-order valence-corrected chi connectivity index (χ4v) is 6.00. The van der Waals surface area contributed by atoms with Crippen molar-refractivity contribution in [1.29, 1.82) is 0 Å². The second-order valence-corrected chi connectivity index (χ2v) is 12.0. The van der Waals surface area contributed by atoms with Gasteiger partial charge in [-0.2, -0.15) is 0 Å². The number of nitrogens with zero attached hydrogens (tertiary/aromatic N) is 3. The van der Waals surface area contributed by atoms with Crippen molar-refractivity contribution in [2.24, 2.45) is 11.8 Å². The van der Waals surface area contributed by atoms with Crippen LogP contribution >= 0.6 is 0 Å². The van der Waals surface area contributed by atoms with E-state index in [1.165, 1.54) is 12.1 Å². The van der Waals surface area contributed by atoms with E-state index < -0.39 is 23.5 Å². The zero-order valence-electron chi connectivity index (χ0n) is 22.1. The maximum atomic E-state index is 14.7. The van der Waals surface area contributed by atoms with Crippen molar-refractivity contribution in [3.63, 3.8) is 0 Å². The molecule has 5 nitrogen and oxygen atoms in total. The number of rotatable bonds is 5. The van der Waals surface area contributed by atoms with E-state index in [0.29, 0.717) is 70.5 Å².